The molecule has 0 spiro atoms. The Balaban J connectivity index is 1.48. The van der Waals surface area contributed by atoms with Gasteiger partial charge in [-0.3, -0.25) is 9.59 Å². The zero-order chi connectivity index (χ0) is 27.5. The number of urea groups is 1. The van der Waals surface area contributed by atoms with Gasteiger partial charge in [0.15, 0.2) is 0 Å². The Morgan fingerprint density at radius 3 is 2.23 bits per heavy atom. The summed E-state index contributed by atoms with van der Waals surface area (Å²) in [5, 5.41) is 6.27. The molecular formula is C31H35N5O3. The number of hydrogen-bond acceptors (Lipinski definition) is 4. The third-order valence-electron chi connectivity index (χ3n) is 7.68. The molecule has 39 heavy (non-hydrogen) atoms. The molecule has 2 aliphatic rings. The number of benzene rings is 3. The molecule has 2 fully saturated rings. The third kappa shape index (κ3) is 5.52. The summed E-state index contributed by atoms with van der Waals surface area (Å²) in [4.78, 5) is 44.6. The lowest BCUT2D eigenvalue weighted by Crippen LogP contribution is -2.76. The molecular weight excluding hydrogens is 490 g/mol. The Labute approximate surface area is 229 Å². The van der Waals surface area contributed by atoms with E-state index in [9.17, 15) is 14.4 Å². The summed E-state index contributed by atoms with van der Waals surface area (Å²) in [5.41, 5.74) is 4.08. The van der Waals surface area contributed by atoms with E-state index in [-0.39, 0.29) is 37.0 Å². The zero-order valence-electron chi connectivity index (χ0n) is 22.7. The first-order chi connectivity index (χ1) is 18.8. The maximum Gasteiger partial charge on any atom is 0.334 e. The maximum absolute atomic E-state index is 14.1. The van der Waals surface area contributed by atoms with Crippen molar-refractivity contribution in [2.45, 2.75) is 45.1 Å². The molecule has 3 atom stereocenters. The fourth-order valence-corrected chi connectivity index (χ4v) is 5.53. The normalized spacial score (nSPS) is 20.5. The minimum atomic E-state index is -0.719. The topological polar surface area (TPSA) is 76.2 Å². The Bertz CT molecular complexity index is 1320. The van der Waals surface area contributed by atoms with E-state index >= 15 is 0 Å². The van der Waals surface area contributed by atoms with Gasteiger partial charge >= 0.3 is 6.03 Å². The molecule has 0 radical (unpaired) electrons. The molecule has 8 heteroatoms. The number of likely N-dealkylation sites (N-methyl/N-ethyl adjacent to an activating group) is 1. The zero-order valence-corrected chi connectivity index (χ0v) is 22.7. The number of carbonyl (C=O) groups excluding carboxylic acids is 3. The van der Waals surface area contributed by atoms with E-state index in [1.165, 1.54) is 0 Å². The number of hydrogen-bond donors (Lipinski definition) is 1. The van der Waals surface area contributed by atoms with Crippen LogP contribution < -0.4 is 5.32 Å². The Kier molecular flexibility index (Phi) is 7.65. The molecule has 0 saturated carbocycles. The molecule has 5 rings (SSSR count). The van der Waals surface area contributed by atoms with E-state index < -0.39 is 12.2 Å². The number of fused-ring (bicyclic) bond motifs is 1. The van der Waals surface area contributed by atoms with Crippen LogP contribution >= 0.6 is 0 Å². The monoisotopic (exact) mass is 525 g/mol. The van der Waals surface area contributed by atoms with Crippen molar-refractivity contribution in [2.24, 2.45) is 0 Å². The summed E-state index contributed by atoms with van der Waals surface area (Å²) < 4.78 is 0. The highest BCUT2D eigenvalue weighted by molar-refractivity contribution is 5.92. The Morgan fingerprint density at radius 1 is 0.923 bits per heavy atom. The van der Waals surface area contributed by atoms with Gasteiger partial charge in [-0.15, -0.1) is 0 Å². The lowest BCUT2D eigenvalue weighted by molar-refractivity contribution is -0.189. The van der Waals surface area contributed by atoms with Crippen molar-refractivity contribution in [2.75, 3.05) is 20.1 Å². The molecule has 3 aromatic rings. The second-order valence-electron chi connectivity index (χ2n) is 10.4. The lowest BCUT2D eigenvalue weighted by atomic mass is 9.96. The number of nitrogens with zero attached hydrogens (tertiary/aromatic N) is 4. The van der Waals surface area contributed by atoms with Crippen LogP contribution in [0.4, 0.5) is 4.79 Å². The smallest absolute Gasteiger partial charge is 0.333 e. The van der Waals surface area contributed by atoms with Gasteiger partial charge in [0, 0.05) is 20.0 Å². The first-order valence-corrected chi connectivity index (χ1v) is 13.4. The number of piperazine rings is 1. The van der Waals surface area contributed by atoms with E-state index in [2.05, 4.69) is 5.32 Å². The van der Waals surface area contributed by atoms with Crippen LogP contribution in [0.15, 0.2) is 84.9 Å². The molecule has 2 heterocycles. The highest BCUT2D eigenvalue weighted by atomic mass is 16.2. The fourth-order valence-electron chi connectivity index (χ4n) is 5.53. The van der Waals surface area contributed by atoms with E-state index in [1.54, 1.807) is 22.0 Å². The van der Waals surface area contributed by atoms with Crippen LogP contribution in [0.5, 0.6) is 0 Å². The molecule has 2 saturated heterocycles. The number of hydrazine groups is 1. The summed E-state index contributed by atoms with van der Waals surface area (Å²) in [6.45, 7) is 4.61. The second-order valence-corrected chi connectivity index (χ2v) is 10.4. The van der Waals surface area contributed by atoms with Crippen molar-refractivity contribution >= 4 is 17.8 Å². The Hall–Kier alpha value is -4.17. The maximum atomic E-state index is 14.1. The first kappa shape index (κ1) is 26.4. The van der Waals surface area contributed by atoms with Gasteiger partial charge in [0.25, 0.3) is 0 Å². The van der Waals surface area contributed by atoms with Gasteiger partial charge in [0.1, 0.15) is 12.2 Å². The van der Waals surface area contributed by atoms with Crippen LogP contribution in [-0.2, 0) is 22.6 Å². The summed E-state index contributed by atoms with van der Waals surface area (Å²) in [6.07, 6.45) is -0.255. The van der Waals surface area contributed by atoms with Crippen molar-refractivity contribution in [1.29, 1.82) is 0 Å². The third-order valence-corrected chi connectivity index (χ3v) is 7.68. The van der Waals surface area contributed by atoms with Crippen molar-refractivity contribution < 1.29 is 14.4 Å². The van der Waals surface area contributed by atoms with Crippen LogP contribution in [-0.4, -0.2) is 70.0 Å². The SMILES string of the molecule is Cc1ccc(C[C@H]2C(=O)N([C@H](C)c3ccccc3)CC3N2C(=O)CN(C)N3C(=O)NCc2ccccc2)cc1. The number of nitrogens with one attached hydrogen (secondary N) is 1. The predicted octanol–water partition coefficient (Wildman–Crippen LogP) is 3.74. The molecule has 1 unspecified atom stereocenters. The second kappa shape index (κ2) is 11.3. The molecule has 0 bridgehead atoms. The lowest BCUT2D eigenvalue weighted by Gasteiger charge is -2.55. The van der Waals surface area contributed by atoms with Gasteiger partial charge in [-0.25, -0.2) is 14.8 Å². The number of amides is 4. The first-order valence-electron chi connectivity index (χ1n) is 13.4. The number of aryl methyl sites for hydroxylation is 1. The van der Waals surface area contributed by atoms with Crippen molar-refractivity contribution in [3.8, 4) is 0 Å². The van der Waals surface area contributed by atoms with E-state index in [0.29, 0.717) is 13.0 Å². The summed E-state index contributed by atoms with van der Waals surface area (Å²) in [5.74, 6) is -0.266. The largest absolute Gasteiger partial charge is 0.334 e. The van der Waals surface area contributed by atoms with Crippen molar-refractivity contribution in [1.82, 2.24) is 25.1 Å². The molecule has 0 aliphatic carbocycles. The van der Waals surface area contributed by atoms with Crippen LogP contribution in [0.1, 0.15) is 35.2 Å². The minimum Gasteiger partial charge on any atom is -0.333 e. The van der Waals surface area contributed by atoms with Crippen LogP contribution in [0.3, 0.4) is 0 Å². The molecule has 3 aromatic carbocycles. The van der Waals surface area contributed by atoms with Gasteiger partial charge in [0.2, 0.25) is 11.8 Å². The fraction of sp³-hybridized carbons (Fsp3) is 0.323. The van der Waals surface area contributed by atoms with Crippen LogP contribution in [0, 0.1) is 6.92 Å². The molecule has 0 aromatic heterocycles. The predicted molar refractivity (Wildman–Crippen MR) is 149 cm³/mol. The van der Waals surface area contributed by atoms with E-state index in [0.717, 1.165) is 22.3 Å². The molecule has 1 N–H and O–H groups in total. The number of carbonyl (C=O) groups is 3. The highest BCUT2D eigenvalue weighted by Gasteiger charge is 2.51. The van der Waals surface area contributed by atoms with Crippen molar-refractivity contribution in [3.63, 3.8) is 0 Å². The summed E-state index contributed by atoms with van der Waals surface area (Å²) in [6, 6.07) is 26.3. The van der Waals surface area contributed by atoms with Gasteiger partial charge in [0.05, 0.1) is 19.1 Å². The van der Waals surface area contributed by atoms with Crippen molar-refractivity contribution in [3.05, 3.63) is 107 Å². The van der Waals surface area contributed by atoms with Crippen LogP contribution in [0.25, 0.3) is 0 Å². The highest BCUT2D eigenvalue weighted by Crippen LogP contribution is 2.32. The Morgan fingerprint density at radius 2 is 1.56 bits per heavy atom. The standard InChI is InChI=1S/C31H35N5O3/c1-22-14-16-24(17-15-22)18-27-30(38)34(23(2)26-12-8-5-9-13-26)20-28-35(27)29(37)21-33(3)36(28)31(39)32-19-25-10-6-4-7-11-25/h4-17,23,27-28H,18-21H2,1-3H3,(H,32,39)/t23-,27+,28?/m1/s1. The molecule has 2 aliphatic heterocycles. The van der Waals surface area contributed by atoms with Gasteiger partial charge < -0.3 is 15.1 Å². The quantitative estimate of drug-likeness (QED) is 0.532. The minimum absolute atomic E-state index is 0.0151. The summed E-state index contributed by atoms with van der Waals surface area (Å²) in [7, 11) is 1.74. The van der Waals surface area contributed by atoms with Gasteiger partial charge in [-0.2, -0.15) is 0 Å². The average molecular weight is 526 g/mol. The van der Waals surface area contributed by atoms with E-state index in [1.807, 2.05) is 104 Å². The van der Waals surface area contributed by atoms with Crippen LogP contribution in [0.2, 0.25) is 0 Å². The number of rotatable bonds is 6. The van der Waals surface area contributed by atoms with E-state index in [4.69, 9.17) is 0 Å². The molecule has 202 valence electrons. The summed E-state index contributed by atoms with van der Waals surface area (Å²) >= 11 is 0. The molecule has 8 nitrogen and oxygen atoms in total. The average Bonchev–Trinajstić information content (AvgIpc) is 2.95. The van der Waals surface area contributed by atoms with Gasteiger partial charge in [-0.1, -0.05) is 90.5 Å². The molecule has 4 amide bonds. The van der Waals surface area contributed by atoms with Gasteiger partial charge in [-0.05, 0) is 30.5 Å².